The minimum absolute atomic E-state index is 0.530. The minimum Gasteiger partial charge on any atom is -0.317 e. The molecule has 0 saturated carbocycles. The van der Waals surface area contributed by atoms with Crippen LogP contribution in [-0.2, 0) is 0 Å². The number of piperidine rings is 1. The molecule has 1 aliphatic rings. The Kier molecular flexibility index (Phi) is 3.17. The average Bonchev–Trinajstić information content (AvgIpc) is 2.30. The van der Waals surface area contributed by atoms with Crippen molar-refractivity contribution in [2.45, 2.75) is 24.9 Å². The lowest BCUT2D eigenvalue weighted by atomic mass is 9.94. The lowest BCUT2D eigenvalue weighted by Crippen LogP contribution is -2.40. The van der Waals surface area contributed by atoms with Crippen molar-refractivity contribution < 1.29 is 0 Å². The van der Waals surface area contributed by atoms with Gasteiger partial charge in [-0.15, -0.1) is 0 Å². The smallest absolute Gasteiger partial charge is 0.0335 e. The summed E-state index contributed by atoms with van der Waals surface area (Å²) in [6.07, 6.45) is 2.43. The van der Waals surface area contributed by atoms with Crippen LogP contribution in [0.3, 0.4) is 0 Å². The number of benzene rings is 1. The molecule has 76 valence electrons. The van der Waals surface area contributed by atoms with E-state index < -0.39 is 0 Å². The van der Waals surface area contributed by atoms with Crippen LogP contribution in [0.1, 0.15) is 24.4 Å². The van der Waals surface area contributed by atoms with Crippen LogP contribution in [0, 0.1) is 0 Å². The third-order valence-corrected chi connectivity index (χ3v) is 3.01. The molecule has 2 heteroatoms. The lowest BCUT2D eigenvalue weighted by molar-refractivity contribution is 0.337. The molecule has 2 unspecified atom stereocenters. The van der Waals surface area contributed by atoms with Gasteiger partial charge in [0.2, 0.25) is 0 Å². The Morgan fingerprint density at radius 2 is 2.07 bits per heavy atom. The van der Waals surface area contributed by atoms with Crippen LogP contribution in [0.2, 0.25) is 0 Å². The van der Waals surface area contributed by atoms with E-state index in [9.17, 15) is 0 Å². The predicted molar refractivity (Wildman–Crippen MR) is 59.3 cm³/mol. The highest BCUT2D eigenvalue weighted by atomic mass is 15.0. The Morgan fingerprint density at radius 3 is 2.79 bits per heavy atom. The largest absolute Gasteiger partial charge is 0.317 e. The summed E-state index contributed by atoms with van der Waals surface area (Å²) in [5, 5.41) is 6.92. The number of hydrogen-bond acceptors (Lipinski definition) is 2. The van der Waals surface area contributed by atoms with Crippen LogP contribution in [0.5, 0.6) is 0 Å². The molecule has 0 radical (unpaired) electrons. The molecule has 1 heterocycles. The van der Waals surface area contributed by atoms with Gasteiger partial charge in [0.05, 0.1) is 0 Å². The molecular formula is C12H18N2. The maximum atomic E-state index is 3.56. The van der Waals surface area contributed by atoms with Crippen LogP contribution in [0.15, 0.2) is 30.3 Å². The van der Waals surface area contributed by atoms with E-state index in [1.165, 1.54) is 18.4 Å². The second-order valence-electron chi connectivity index (χ2n) is 3.93. The van der Waals surface area contributed by atoms with Crippen molar-refractivity contribution in [2.75, 3.05) is 13.6 Å². The highest BCUT2D eigenvalue weighted by Gasteiger charge is 2.20. The van der Waals surface area contributed by atoms with Gasteiger partial charge in [0, 0.05) is 12.1 Å². The van der Waals surface area contributed by atoms with E-state index in [1.54, 1.807) is 0 Å². The fourth-order valence-corrected chi connectivity index (χ4v) is 2.12. The Balaban J connectivity index is 2.04. The Bertz CT molecular complexity index is 271. The first-order chi connectivity index (χ1) is 6.90. The first-order valence-electron chi connectivity index (χ1n) is 5.36. The molecule has 1 fully saturated rings. The second-order valence-corrected chi connectivity index (χ2v) is 3.93. The zero-order chi connectivity index (χ0) is 9.80. The molecule has 0 amide bonds. The van der Waals surface area contributed by atoms with Crippen molar-refractivity contribution in [1.29, 1.82) is 0 Å². The van der Waals surface area contributed by atoms with Crippen molar-refractivity contribution >= 4 is 0 Å². The summed E-state index contributed by atoms with van der Waals surface area (Å²) in [4.78, 5) is 0. The molecule has 2 rings (SSSR count). The van der Waals surface area contributed by atoms with Crippen LogP contribution in [0.25, 0.3) is 0 Å². The molecule has 1 aromatic rings. The minimum atomic E-state index is 0.530. The van der Waals surface area contributed by atoms with Crippen molar-refractivity contribution in [3.05, 3.63) is 35.9 Å². The fourth-order valence-electron chi connectivity index (χ4n) is 2.12. The maximum absolute atomic E-state index is 3.56. The lowest BCUT2D eigenvalue weighted by Gasteiger charge is -2.30. The van der Waals surface area contributed by atoms with Gasteiger partial charge in [0.25, 0.3) is 0 Å². The van der Waals surface area contributed by atoms with Gasteiger partial charge in [-0.2, -0.15) is 0 Å². The van der Waals surface area contributed by atoms with E-state index in [2.05, 4.69) is 48.0 Å². The van der Waals surface area contributed by atoms with E-state index in [0.29, 0.717) is 12.1 Å². The summed E-state index contributed by atoms with van der Waals surface area (Å²) >= 11 is 0. The van der Waals surface area contributed by atoms with E-state index in [4.69, 9.17) is 0 Å². The van der Waals surface area contributed by atoms with Gasteiger partial charge in [-0.25, -0.2) is 0 Å². The third kappa shape index (κ3) is 2.14. The summed E-state index contributed by atoms with van der Waals surface area (Å²) in [7, 11) is 2.05. The normalized spacial score (nSPS) is 27.5. The van der Waals surface area contributed by atoms with Crippen molar-refractivity contribution in [2.24, 2.45) is 0 Å². The van der Waals surface area contributed by atoms with E-state index in [0.717, 1.165) is 6.54 Å². The third-order valence-electron chi connectivity index (χ3n) is 3.01. The van der Waals surface area contributed by atoms with Crippen molar-refractivity contribution in [3.8, 4) is 0 Å². The summed E-state index contributed by atoms with van der Waals surface area (Å²) in [5.74, 6) is 0. The van der Waals surface area contributed by atoms with Gasteiger partial charge in [0.15, 0.2) is 0 Å². The number of nitrogens with one attached hydrogen (secondary N) is 2. The highest BCUT2D eigenvalue weighted by molar-refractivity contribution is 5.19. The summed E-state index contributed by atoms with van der Waals surface area (Å²) in [5.41, 5.74) is 1.41. The monoisotopic (exact) mass is 190 g/mol. The SMILES string of the molecule is CNC1CCNC(c2ccccc2)C1. The Hall–Kier alpha value is -0.860. The van der Waals surface area contributed by atoms with E-state index in [1.807, 2.05) is 0 Å². The molecule has 2 N–H and O–H groups in total. The molecule has 0 aliphatic carbocycles. The fraction of sp³-hybridized carbons (Fsp3) is 0.500. The van der Waals surface area contributed by atoms with Gasteiger partial charge < -0.3 is 10.6 Å². The van der Waals surface area contributed by atoms with Crippen LogP contribution >= 0.6 is 0 Å². The van der Waals surface area contributed by atoms with Crippen molar-refractivity contribution in [3.63, 3.8) is 0 Å². The molecular weight excluding hydrogens is 172 g/mol. The Morgan fingerprint density at radius 1 is 1.29 bits per heavy atom. The van der Waals surface area contributed by atoms with Gasteiger partial charge in [-0.3, -0.25) is 0 Å². The van der Waals surface area contributed by atoms with E-state index in [-0.39, 0.29) is 0 Å². The quantitative estimate of drug-likeness (QED) is 0.741. The highest BCUT2D eigenvalue weighted by Crippen LogP contribution is 2.22. The molecule has 1 saturated heterocycles. The molecule has 1 aromatic carbocycles. The standard InChI is InChI=1S/C12H18N2/c1-13-11-7-8-14-12(9-11)10-5-3-2-4-6-10/h2-6,11-14H,7-9H2,1H3. The summed E-state index contributed by atoms with van der Waals surface area (Å²) in [6, 6.07) is 11.9. The molecule has 2 nitrogen and oxygen atoms in total. The van der Waals surface area contributed by atoms with Crippen LogP contribution in [0.4, 0.5) is 0 Å². The van der Waals surface area contributed by atoms with Crippen LogP contribution in [-0.4, -0.2) is 19.6 Å². The zero-order valence-corrected chi connectivity index (χ0v) is 8.66. The number of hydrogen-bond donors (Lipinski definition) is 2. The molecule has 0 aromatic heterocycles. The van der Waals surface area contributed by atoms with Crippen LogP contribution < -0.4 is 10.6 Å². The maximum Gasteiger partial charge on any atom is 0.0335 e. The van der Waals surface area contributed by atoms with Gasteiger partial charge in [-0.05, 0) is 32.0 Å². The number of rotatable bonds is 2. The first kappa shape index (κ1) is 9.69. The molecule has 0 bridgehead atoms. The van der Waals surface area contributed by atoms with E-state index >= 15 is 0 Å². The molecule has 0 spiro atoms. The molecule has 1 aliphatic heterocycles. The first-order valence-corrected chi connectivity index (χ1v) is 5.36. The van der Waals surface area contributed by atoms with Crippen molar-refractivity contribution in [1.82, 2.24) is 10.6 Å². The van der Waals surface area contributed by atoms with Gasteiger partial charge >= 0.3 is 0 Å². The summed E-state index contributed by atoms with van der Waals surface area (Å²) in [6.45, 7) is 1.12. The second kappa shape index (κ2) is 4.58. The topological polar surface area (TPSA) is 24.1 Å². The summed E-state index contributed by atoms with van der Waals surface area (Å²) < 4.78 is 0. The molecule has 14 heavy (non-hydrogen) atoms. The van der Waals surface area contributed by atoms with Gasteiger partial charge in [-0.1, -0.05) is 30.3 Å². The Labute approximate surface area is 85.7 Å². The zero-order valence-electron chi connectivity index (χ0n) is 8.66. The molecule has 2 atom stereocenters. The van der Waals surface area contributed by atoms with Gasteiger partial charge in [0.1, 0.15) is 0 Å². The predicted octanol–water partition coefficient (Wildman–Crippen LogP) is 1.70. The average molecular weight is 190 g/mol.